The highest BCUT2D eigenvalue weighted by Gasteiger charge is 2.28. The fraction of sp³-hybridized carbons (Fsp3) is 0.640. The lowest BCUT2D eigenvalue weighted by Gasteiger charge is -2.37. The molecule has 2 aromatic rings. The van der Waals surface area contributed by atoms with E-state index in [1.807, 2.05) is 34.1 Å². The van der Waals surface area contributed by atoms with Crippen LogP contribution in [0.25, 0.3) is 0 Å². The van der Waals surface area contributed by atoms with E-state index < -0.39 is 0 Å². The molecule has 0 saturated carbocycles. The predicted octanol–water partition coefficient (Wildman–Crippen LogP) is 1.30. The van der Waals surface area contributed by atoms with Gasteiger partial charge in [-0.3, -0.25) is 0 Å². The van der Waals surface area contributed by atoms with Crippen LogP contribution in [0.5, 0.6) is 5.75 Å². The van der Waals surface area contributed by atoms with Crippen molar-refractivity contribution in [1.29, 1.82) is 0 Å². The molecule has 0 aliphatic carbocycles. The molecule has 0 amide bonds. The minimum atomic E-state index is -0.0308. The van der Waals surface area contributed by atoms with E-state index in [4.69, 9.17) is 42.6 Å². The molecular weight excluding hydrogens is 456 g/mol. The Kier molecular flexibility index (Phi) is 9.13. The lowest BCUT2D eigenvalue weighted by molar-refractivity contribution is 0.305. The number of nitrogens with zero attached hydrogens (tertiary/aromatic N) is 5. The van der Waals surface area contributed by atoms with Crippen LogP contribution >= 0.6 is 0 Å². The largest absolute Gasteiger partial charge is 0.494 e. The fourth-order valence-electron chi connectivity index (χ4n) is 4.86. The van der Waals surface area contributed by atoms with Gasteiger partial charge in [-0.05, 0) is 43.5 Å². The fourth-order valence-corrected chi connectivity index (χ4v) is 4.86. The normalized spacial score (nSPS) is 24.6. The summed E-state index contributed by atoms with van der Waals surface area (Å²) in [5, 5.41) is 3.32. The number of nitrogens with two attached hydrogens (primary N) is 4. The van der Waals surface area contributed by atoms with Gasteiger partial charge in [-0.1, -0.05) is 26.2 Å². The van der Waals surface area contributed by atoms with Crippen molar-refractivity contribution in [3.63, 3.8) is 0 Å². The van der Waals surface area contributed by atoms with E-state index in [2.05, 4.69) is 12.2 Å². The third-order valence-corrected chi connectivity index (χ3v) is 6.59. The molecule has 9 N–H and O–H groups in total. The third-order valence-electron chi connectivity index (χ3n) is 6.59. The molecule has 1 aromatic carbocycles. The number of rotatable bonds is 10. The van der Waals surface area contributed by atoms with Crippen LogP contribution in [0.2, 0.25) is 0 Å². The molecule has 0 spiro atoms. The zero-order valence-electron chi connectivity index (χ0n) is 21.4. The molecule has 4 atom stereocenters. The van der Waals surface area contributed by atoms with Gasteiger partial charge in [-0.2, -0.15) is 15.0 Å². The second-order valence-electron chi connectivity index (χ2n) is 10.1. The maximum absolute atomic E-state index is 6.24. The summed E-state index contributed by atoms with van der Waals surface area (Å²) < 4.78 is 5.87. The Morgan fingerprint density at radius 2 is 1.31 bits per heavy atom. The monoisotopic (exact) mass is 498 g/mol. The summed E-state index contributed by atoms with van der Waals surface area (Å²) in [6, 6.07) is 7.71. The molecule has 1 aromatic heterocycles. The van der Waals surface area contributed by atoms with Crippen LogP contribution in [0, 0.1) is 0 Å². The van der Waals surface area contributed by atoms with E-state index in [0.717, 1.165) is 37.3 Å². The summed E-state index contributed by atoms with van der Waals surface area (Å²) in [5.41, 5.74) is 25.8. The second-order valence-corrected chi connectivity index (χ2v) is 10.1. The van der Waals surface area contributed by atoms with E-state index in [9.17, 15) is 0 Å². The Labute approximate surface area is 214 Å². The summed E-state index contributed by atoms with van der Waals surface area (Å²) >= 11 is 0. The quantitative estimate of drug-likeness (QED) is 0.299. The maximum Gasteiger partial charge on any atom is 0.233 e. The van der Waals surface area contributed by atoms with Crippen molar-refractivity contribution in [1.82, 2.24) is 15.0 Å². The molecule has 2 aliphatic rings. The lowest BCUT2D eigenvalue weighted by Crippen LogP contribution is -2.54. The van der Waals surface area contributed by atoms with Gasteiger partial charge in [0, 0.05) is 56.0 Å². The van der Waals surface area contributed by atoms with Gasteiger partial charge in [-0.15, -0.1) is 0 Å². The standard InChI is InChI=1S/C25H42N10O/c1-2-3-4-5-10-36-22-8-6-21(7-9-22)30-23-31-24(34-13-17(26)11-18(27)14-34)33-25(32-23)35-15-19(28)12-20(29)16-35/h6-9,17-20H,2-5,10-16,26-29H2,1H3,(H,30,31,32,33). The number of hydrogen-bond acceptors (Lipinski definition) is 11. The van der Waals surface area contributed by atoms with Crippen LogP contribution in [0.1, 0.15) is 45.4 Å². The number of hydrogen-bond donors (Lipinski definition) is 5. The van der Waals surface area contributed by atoms with Gasteiger partial charge < -0.3 is 42.8 Å². The van der Waals surface area contributed by atoms with Crippen LogP contribution < -0.4 is 42.8 Å². The number of unbranched alkanes of at least 4 members (excludes halogenated alkanes) is 3. The minimum Gasteiger partial charge on any atom is -0.494 e. The molecule has 198 valence electrons. The molecule has 2 aliphatic heterocycles. The number of ether oxygens (including phenoxy) is 1. The van der Waals surface area contributed by atoms with Gasteiger partial charge in [0.1, 0.15) is 5.75 Å². The maximum atomic E-state index is 6.24. The van der Waals surface area contributed by atoms with Crippen molar-refractivity contribution >= 4 is 23.5 Å². The van der Waals surface area contributed by atoms with Gasteiger partial charge in [0.05, 0.1) is 6.61 Å². The van der Waals surface area contributed by atoms with Gasteiger partial charge in [0.2, 0.25) is 17.8 Å². The first-order chi connectivity index (χ1) is 17.4. The van der Waals surface area contributed by atoms with Crippen LogP contribution in [0.3, 0.4) is 0 Å². The summed E-state index contributed by atoms with van der Waals surface area (Å²) in [6.07, 6.45) is 6.28. The van der Waals surface area contributed by atoms with E-state index in [-0.39, 0.29) is 24.2 Å². The molecule has 36 heavy (non-hydrogen) atoms. The summed E-state index contributed by atoms with van der Waals surface area (Å²) in [7, 11) is 0. The van der Waals surface area contributed by atoms with Crippen LogP contribution in [0.15, 0.2) is 24.3 Å². The number of piperidine rings is 2. The Balaban J connectivity index is 1.51. The van der Waals surface area contributed by atoms with Gasteiger partial charge in [0.15, 0.2) is 0 Å². The van der Waals surface area contributed by atoms with E-state index in [1.54, 1.807) is 0 Å². The van der Waals surface area contributed by atoms with Gasteiger partial charge >= 0.3 is 0 Å². The van der Waals surface area contributed by atoms with Crippen molar-refractivity contribution in [3.05, 3.63) is 24.3 Å². The van der Waals surface area contributed by atoms with Crippen molar-refractivity contribution in [3.8, 4) is 5.75 Å². The van der Waals surface area contributed by atoms with Crippen molar-refractivity contribution in [2.24, 2.45) is 22.9 Å². The summed E-state index contributed by atoms with van der Waals surface area (Å²) in [5.74, 6) is 2.39. The Morgan fingerprint density at radius 1 is 0.778 bits per heavy atom. The SMILES string of the molecule is CCCCCCOc1ccc(Nc2nc(N3CC(N)CC(N)C3)nc(N3CC(N)CC(N)C3)n2)cc1. The Bertz CT molecular complexity index is 894. The minimum absolute atomic E-state index is 0.0308. The molecule has 4 unspecified atom stereocenters. The van der Waals surface area contributed by atoms with Crippen molar-refractivity contribution < 1.29 is 4.74 Å². The molecule has 0 bridgehead atoms. The molecule has 4 rings (SSSR count). The molecule has 2 fully saturated rings. The molecule has 11 nitrogen and oxygen atoms in total. The number of anilines is 4. The van der Waals surface area contributed by atoms with Crippen molar-refractivity contribution in [2.45, 2.75) is 69.6 Å². The zero-order valence-corrected chi connectivity index (χ0v) is 21.4. The van der Waals surface area contributed by atoms with Crippen molar-refractivity contribution in [2.75, 3.05) is 47.9 Å². The topological polar surface area (TPSA) is 170 Å². The van der Waals surface area contributed by atoms with E-state index in [0.29, 0.717) is 44.0 Å². The first-order valence-electron chi connectivity index (χ1n) is 13.2. The number of aromatic nitrogens is 3. The third kappa shape index (κ3) is 7.39. The highest BCUT2D eigenvalue weighted by Crippen LogP contribution is 2.24. The van der Waals surface area contributed by atoms with Crippen LogP contribution in [-0.4, -0.2) is 71.9 Å². The van der Waals surface area contributed by atoms with Gasteiger partial charge in [-0.25, -0.2) is 0 Å². The molecule has 0 radical (unpaired) electrons. The second kappa shape index (κ2) is 12.5. The highest BCUT2D eigenvalue weighted by molar-refractivity contribution is 5.57. The number of nitrogens with one attached hydrogen (secondary N) is 1. The zero-order chi connectivity index (χ0) is 25.5. The number of benzene rings is 1. The summed E-state index contributed by atoms with van der Waals surface area (Å²) in [6.45, 7) is 5.49. The molecular formula is C25H42N10O. The lowest BCUT2D eigenvalue weighted by atomic mass is 10.0. The average Bonchev–Trinajstić information content (AvgIpc) is 2.83. The van der Waals surface area contributed by atoms with Gasteiger partial charge in [0.25, 0.3) is 0 Å². The Hall–Kier alpha value is -2.73. The average molecular weight is 499 g/mol. The first kappa shape index (κ1) is 26.3. The summed E-state index contributed by atoms with van der Waals surface area (Å²) in [4.78, 5) is 18.3. The van der Waals surface area contributed by atoms with Crippen LogP contribution in [0.4, 0.5) is 23.5 Å². The first-order valence-corrected chi connectivity index (χ1v) is 13.2. The molecule has 3 heterocycles. The molecule has 2 saturated heterocycles. The molecule has 11 heteroatoms. The van der Waals surface area contributed by atoms with E-state index >= 15 is 0 Å². The van der Waals surface area contributed by atoms with Crippen LogP contribution in [-0.2, 0) is 0 Å². The smallest absolute Gasteiger partial charge is 0.233 e. The predicted molar refractivity (Wildman–Crippen MR) is 145 cm³/mol. The van der Waals surface area contributed by atoms with E-state index in [1.165, 1.54) is 19.3 Å². The highest BCUT2D eigenvalue weighted by atomic mass is 16.5. The Morgan fingerprint density at radius 3 is 1.81 bits per heavy atom.